The van der Waals surface area contributed by atoms with E-state index in [0.29, 0.717) is 5.69 Å². The number of benzene rings is 2. The van der Waals surface area contributed by atoms with Crippen LogP contribution in [0, 0.1) is 12.8 Å². The van der Waals surface area contributed by atoms with Gasteiger partial charge in [-0.2, -0.15) is 0 Å². The third-order valence-corrected chi connectivity index (χ3v) is 5.46. The summed E-state index contributed by atoms with van der Waals surface area (Å²) in [5.41, 5.74) is 2.45. The van der Waals surface area contributed by atoms with Gasteiger partial charge in [-0.3, -0.25) is 14.4 Å². The maximum atomic E-state index is 13.3. The Morgan fingerprint density at radius 1 is 0.963 bits per heavy atom. The Morgan fingerprint density at radius 3 is 2.37 bits per heavy atom. The number of aryl methyl sites for hydroxylation is 1. The van der Waals surface area contributed by atoms with Crippen molar-refractivity contribution >= 4 is 23.2 Å². The number of rotatable bonds is 5. The van der Waals surface area contributed by atoms with Gasteiger partial charge in [-0.1, -0.05) is 56.2 Å². The Balaban J connectivity index is 1.69. The van der Waals surface area contributed by atoms with Gasteiger partial charge in [0, 0.05) is 0 Å². The molecule has 2 aromatic carbocycles. The number of hydrogen-bond acceptors (Lipinski definition) is 4. The third kappa shape index (κ3) is 2.92. The minimum Gasteiger partial charge on any atom is -0.273 e. The molecule has 0 aromatic heterocycles. The van der Waals surface area contributed by atoms with Crippen LogP contribution in [-0.4, -0.2) is 24.0 Å². The smallest absolute Gasteiger partial charge is 0.266 e. The molecule has 5 nitrogen and oxygen atoms in total. The van der Waals surface area contributed by atoms with Gasteiger partial charge in [-0.15, -0.1) is 0 Å². The highest BCUT2D eigenvalue weighted by Crippen LogP contribution is 2.42. The van der Waals surface area contributed by atoms with Crippen LogP contribution in [0.25, 0.3) is 0 Å². The second-order valence-electron chi connectivity index (χ2n) is 7.22. The standard InChI is InChI=1S/C22H24N2O3/c1-3-4-13-18-19-20(27-24(18)16-11-6-5-7-12-16)22(26)23(21(19)25)17-14-9-8-10-15(17)2/h5-12,14,18-20H,3-4,13H2,1-2H3/t18-,19-,20-/m0/s1. The van der Waals surface area contributed by atoms with Crippen LogP contribution >= 0.6 is 0 Å². The molecule has 140 valence electrons. The van der Waals surface area contributed by atoms with Crippen LogP contribution in [0.3, 0.4) is 0 Å². The van der Waals surface area contributed by atoms with Crippen LogP contribution in [0.15, 0.2) is 54.6 Å². The average molecular weight is 364 g/mol. The summed E-state index contributed by atoms with van der Waals surface area (Å²) >= 11 is 0. The SMILES string of the molecule is CCCC[C@H]1[C@@H]2C(=O)N(c3ccccc3C)C(=O)[C@H]2ON1c1ccccc1. The first-order valence-corrected chi connectivity index (χ1v) is 9.58. The van der Waals surface area contributed by atoms with Crippen LogP contribution in [-0.2, 0) is 14.4 Å². The molecule has 2 fully saturated rings. The number of carbonyl (C=O) groups excluding carboxylic acids is 2. The second kappa shape index (κ2) is 7.16. The molecule has 0 unspecified atom stereocenters. The average Bonchev–Trinajstić information content (AvgIpc) is 3.18. The number of fused-ring (bicyclic) bond motifs is 1. The zero-order valence-corrected chi connectivity index (χ0v) is 15.7. The van der Waals surface area contributed by atoms with E-state index in [9.17, 15) is 9.59 Å². The summed E-state index contributed by atoms with van der Waals surface area (Å²) in [6.45, 7) is 4.04. The molecule has 5 heteroatoms. The van der Waals surface area contributed by atoms with Crippen molar-refractivity contribution in [3.63, 3.8) is 0 Å². The minimum atomic E-state index is -0.751. The number of hydroxylamine groups is 1. The van der Waals surface area contributed by atoms with E-state index in [0.717, 1.165) is 30.5 Å². The van der Waals surface area contributed by atoms with Gasteiger partial charge >= 0.3 is 0 Å². The summed E-state index contributed by atoms with van der Waals surface area (Å²) < 4.78 is 0. The molecule has 0 N–H and O–H groups in total. The molecular weight excluding hydrogens is 340 g/mol. The highest BCUT2D eigenvalue weighted by Gasteiger charge is 2.59. The van der Waals surface area contributed by atoms with Crippen molar-refractivity contribution in [2.45, 2.75) is 45.3 Å². The highest BCUT2D eigenvalue weighted by atomic mass is 16.7. The lowest BCUT2D eigenvalue weighted by Crippen LogP contribution is -2.40. The molecule has 0 saturated carbocycles. The van der Waals surface area contributed by atoms with E-state index < -0.39 is 12.0 Å². The topological polar surface area (TPSA) is 49.9 Å². The molecule has 0 bridgehead atoms. The van der Waals surface area contributed by atoms with Crippen molar-refractivity contribution in [3.05, 3.63) is 60.2 Å². The van der Waals surface area contributed by atoms with E-state index in [1.165, 1.54) is 4.90 Å². The number of para-hydroxylation sites is 2. The first kappa shape index (κ1) is 17.7. The molecule has 2 amide bonds. The zero-order valence-electron chi connectivity index (χ0n) is 15.7. The Bertz CT molecular complexity index is 852. The fourth-order valence-electron chi connectivity index (χ4n) is 4.08. The number of unbranched alkanes of at least 4 members (excludes halogenated alkanes) is 1. The molecule has 2 aliphatic heterocycles. The van der Waals surface area contributed by atoms with E-state index in [1.54, 1.807) is 5.06 Å². The Labute approximate surface area is 159 Å². The molecule has 0 aliphatic carbocycles. The Morgan fingerprint density at radius 2 is 1.67 bits per heavy atom. The van der Waals surface area contributed by atoms with Gasteiger partial charge < -0.3 is 0 Å². The quantitative estimate of drug-likeness (QED) is 0.756. The van der Waals surface area contributed by atoms with Crippen molar-refractivity contribution in [1.29, 1.82) is 0 Å². The van der Waals surface area contributed by atoms with Gasteiger partial charge in [0.1, 0.15) is 0 Å². The van der Waals surface area contributed by atoms with Crippen molar-refractivity contribution in [1.82, 2.24) is 0 Å². The van der Waals surface area contributed by atoms with Crippen LogP contribution in [0.2, 0.25) is 0 Å². The lowest BCUT2D eigenvalue weighted by Gasteiger charge is -2.28. The predicted molar refractivity (Wildman–Crippen MR) is 104 cm³/mol. The van der Waals surface area contributed by atoms with E-state index >= 15 is 0 Å². The number of carbonyl (C=O) groups is 2. The molecular formula is C22H24N2O3. The maximum absolute atomic E-state index is 13.3. The van der Waals surface area contributed by atoms with Crippen molar-refractivity contribution in [2.75, 3.05) is 9.96 Å². The summed E-state index contributed by atoms with van der Waals surface area (Å²) in [5.74, 6) is -0.887. The molecule has 2 heterocycles. The molecule has 0 spiro atoms. The number of anilines is 2. The Kier molecular flexibility index (Phi) is 4.70. The normalized spacial score (nSPS) is 24.6. The minimum absolute atomic E-state index is 0.136. The summed E-state index contributed by atoms with van der Waals surface area (Å²) in [7, 11) is 0. The lowest BCUT2D eigenvalue weighted by molar-refractivity contribution is -0.126. The van der Waals surface area contributed by atoms with Crippen LogP contribution in [0.1, 0.15) is 31.7 Å². The molecule has 27 heavy (non-hydrogen) atoms. The Hall–Kier alpha value is -2.66. The van der Waals surface area contributed by atoms with Gasteiger partial charge in [-0.25, -0.2) is 9.96 Å². The molecule has 4 rings (SSSR count). The van der Waals surface area contributed by atoms with E-state index in [4.69, 9.17) is 4.84 Å². The van der Waals surface area contributed by atoms with Crippen molar-refractivity contribution in [3.8, 4) is 0 Å². The lowest BCUT2D eigenvalue weighted by atomic mass is 9.92. The summed E-state index contributed by atoms with van der Waals surface area (Å²) in [6.07, 6.45) is 2.07. The first-order chi connectivity index (χ1) is 13.1. The molecule has 2 saturated heterocycles. The summed E-state index contributed by atoms with van der Waals surface area (Å²) in [4.78, 5) is 33.8. The van der Waals surface area contributed by atoms with E-state index in [1.807, 2.05) is 61.5 Å². The van der Waals surface area contributed by atoms with Crippen LogP contribution in [0.5, 0.6) is 0 Å². The van der Waals surface area contributed by atoms with Gasteiger partial charge in [0.05, 0.1) is 23.3 Å². The van der Waals surface area contributed by atoms with Crippen molar-refractivity contribution in [2.24, 2.45) is 5.92 Å². The molecule has 2 aromatic rings. The summed E-state index contributed by atoms with van der Waals surface area (Å²) in [6, 6.07) is 17.1. The van der Waals surface area contributed by atoms with Gasteiger partial charge in [0.25, 0.3) is 5.91 Å². The van der Waals surface area contributed by atoms with Gasteiger partial charge in [0.15, 0.2) is 6.10 Å². The molecule has 2 aliphatic rings. The molecule has 0 radical (unpaired) electrons. The number of nitrogens with zero attached hydrogens (tertiary/aromatic N) is 2. The zero-order chi connectivity index (χ0) is 19.0. The monoisotopic (exact) mass is 364 g/mol. The van der Waals surface area contributed by atoms with E-state index in [-0.39, 0.29) is 17.9 Å². The van der Waals surface area contributed by atoms with Crippen molar-refractivity contribution < 1.29 is 14.4 Å². The molecule has 3 atom stereocenters. The van der Waals surface area contributed by atoms with Crippen LogP contribution in [0.4, 0.5) is 11.4 Å². The van der Waals surface area contributed by atoms with Crippen LogP contribution < -0.4 is 9.96 Å². The third-order valence-electron chi connectivity index (χ3n) is 5.46. The van der Waals surface area contributed by atoms with E-state index in [2.05, 4.69) is 6.92 Å². The number of amides is 2. The fraction of sp³-hybridized carbons (Fsp3) is 0.364. The largest absolute Gasteiger partial charge is 0.273 e. The summed E-state index contributed by atoms with van der Waals surface area (Å²) in [5, 5.41) is 1.79. The van der Waals surface area contributed by atoms with Gasteiger partial charge in [0.2, 0.25) is 5.91 Å². The maximum Gasteiger partial charge on any atom is 0.266 e. The number of hydrogen-bond donors (Lipinski definition) is 0. The second-order valence-corrected chi connectivity index (χ2v) is 7.22. The first-order valence-electron chi connectivity index (χ1n) is 9.58. The fourth-order valence-corrected chi connectivity index (χ4v) is 4.08. The van der Waals surface area contributed by atoms with Gasteiger partial charge in [-0.05, 0) is 37.1 Å². The highest BCUT2D eigenvalue weighted by molar-refractivity contribution is 6.24. The predicted octanol–water partition coefficient (Wildman–Crippen LogP) is 3.86. The number of imide groups is 1.